The zero-order valence-corrected chi connectivity index (χ0v) is 15.8. The zero-order valence-electron chi connectivity index (χ0n) is 15.8. The maximum Gasteiger partial charge on any atom is 0.157 e. The van der Waals surface area contributed by atoms with E-state index >= 15 is 0 Å². The highest BCUT2D eigenvalue weighted by Crippen LogP contribution is 2.34. The van der Waals surface area contributed by atoms with Gasteiger partial charge < -0.3 is 9.64 Å². The molecule has 0 bridgehead atoms. The Hall–Kier alpha value is -2.58. The summed E-state index contributed by atoms with van der Waals surface area (Å²) in [6.07, 6.45) is 1.21. The van der Waals surface area contributed by atoms with E-state index in [1.54, 1.807) is 0 Å². The lowest BCUT2D eigenvalue weighted by atomic mass is 10.0. The molecule has 1 aliphatic heterocycles. The van der Waals surface area contributed by atoms with Crippen molar-refractivity contribution in [3.63, 3.8) is 0 Å². The van der Waals surface area contributed by atoms with Gasteiger partial charge in [0.05, 0.1) is 28.8 Å². The number of ether oxygens (including phenoxy) is 1. The third-order valence-corrected chi connectivity index (χ3v) is 5.28. The molecule has 0 spiro atoms. The molecule has 0 amide bonds. The van der Waals surface area contributed by atoms with Gasteiger partial charge in [0.2, 0.25) is 0 Å². The first-order valence-corrected chi connectivity index (χ1v) is 9.28. The number of fused-ring (bicyclic) bond motifs is 3. The number of anilines is 1. The van der Waals surface area contributed by atoms with E-state index in [4.69, 9.17) is 9.72 Å². The van der Waals surface area contributed by atoms with E-state index in [9.17, 15) is 5.26 Å². The minimum Gasteiger partial charge on any atom is -0.372 e. The van der Waals surface area contributed by atoms with E-state index in [0.29, 0.717) is 5.56 Å². The second-order valence-corrected chi connectivity index (χ2v) is 7.19. The Bertz CT molecular complexity index is 1020. The van der Waals surface area contributed by atoms with E-state index in [2.05, 4.69) is 42.2 Å². The number of para-hydroxylation sites is 2. The van der Waals surface area contributed by atoms with Gasteiger partial charge in [0.15, 0.2) is 5.65 Å². The van der Waals surface area contributed by atoms with Crippen LogP contribution < -0.4 is 4.90 Å². The van der Waals surface area contributed by atoms with E-state index in [-0.39, 0.29) is 12.2 Å². The molecule has 1 saturated heterocycles. The molecule has 1 fully saturated rings. The summed E-state index contributed by atoms with van der Waals surface area (Å²) < 4.78 is 8.13. The summed E-state index contributed by atoms with van der Waals surface area (Å²) in [4.78, 5) is 7.21. The average Bonchev–Trinajstić information content (AvgIpc) is 2.98. The van der Waals surface area contributed by atoms with Crippen LogP contribution in [0.15, 0.2) is 24.3 Å². The molecule has 0 aliphatic carbocycles. The molecule has 0 saturated carbocycles. The van der Waals surface area contributed by atoms with Crippen molar-refractivity contribution in [2.45, 2.75) is 46.3 Å². The third kappa shape index (κ3) is 2.45. The molecule has 0 unspecified atom stereocenters. The van der Waals surface area contributed by atoms with Crippen LogP contribution in [0.2, 0.25) is 0 Å². The molecule has 5 nitrogen and oxygen atoms in total. The maximum atomic E-state index is 9.81. The van der Waals surface area contributed by atoms with Crippen molar-refractivity contribution in [1.82, 2.24) is 9.38 Å². The lowest BCUT2D eigenvalue weighted by Gasteiger charge is -2.38. The molecule has 4 rings (SSSR count). The van der Waals surface area contributed by atoms with Gasteiger partial charge in [0, 0.05) is 13.1 Å². The summed E-state index contributed by atoms with van der Waals surface area (Å²) in [6, 6.07) is 10.5. The molecule has 1 aliphatic rings. The molecule has 1 aromatic carbocycles. The summed E-state index contributed by atoms with van der Waals surface area (Å²) >= 11 is 0. The van der Waals surface area contributed by atoms with E-state index in [1.165, 1.54) is 5.56 Å². The summed E-state index contributed by atoms with van der Waals surface area (Å²) in [7, 11) is 0. The average molecular weight is 348 g/mol. The van der Waals surface area contributed by atoms with Crippen LogP contribution in [0.25, 0.3) is 16.7 Å². The molecular formula is C21H24N4O. The molecule has 2 aromatic heterocycles. The van der Waals surface area contributed by atoms with Gasteiger partial charge in [0.25, 0.3) is 0 Å². The monoisotopic (exact) mass is 348 g/mol. The summed E-state index contributed by atoms with van der Waals surface area (Å²) in [5.74, 6) is 1.16. The molecule has 2 atom stereocenters. The van der Waals surface area contributed by atoms with Crippen LogP contribution in [0.1, 0.15) is 37.5 Å². The number of nitrogens with zero attached hydrogens (tertiary/aromatic N) is 4. The predicted octanol–water partition coefficient (Wildman–Crippen LogP) is 3.84. The van der Waals surface area contributed by atoms with Crippen molar-refractivity contribution in [3.05, 3.63) is 41.0 Å². The van der Waals surface area contributed by atoms with Crippen LogP contribution in [-0.4, -0.2) is 34.7 Å². The third-order valence-electron chi connectivity index (χ3n) is 5.28. The fourth-order valence-corrected chi connectivity index (χ4v) is 4.27. The quantitative estimate of drug-likeness (QED) is 0.706. The Labute approximate surface area is 153 Å². The maximum absolute atomic E-state index is 9.81. The van der Waals surface area contributed by atoms with Gasteiger partial charge in [-0.1, -0.05) is 19.1 Å². The molecule has 134 valence electrons. The summed E-state index contributed by atoms with van der Waals surface area (Å²) in [5.41, 5.74) is 5.67. The van der Waals surface area contributed by atoms with Gasteiger partial charge in [0.1, 0.15) is 11.9 Å². The molecule has 3 aromatic rings. The highest BCUT2D eigenvalue weighted by atomic mass is 16.5. The van der Waals surface area contributed by atoms with Crippen LogP contribution in [0, 0.1) is 18.3 Å². The van der Waals surface area contributed by atoms with Gasteiger partial charge in [-0.2, -0.15) is 5.26 Å². The molecule has 26 heavy (non-hydrogen) atoms. The van der Waals surface area contributed by atoms with Gasteiger partial charge in [-0.3, -0.25) is 4.40 Å². The van der Waals surface area contributed by atoms with Crippen LogP contribution in [0.3, 0.4) is 0 Å². The Morgan fingerprint density at radius 2 is 1.92 bits per heavy atom. The number of hydrogen-bond acceptors (Lipinski definition) is 4. The van der Waals surface area contributed by atoms with Crippen molar-refractivity contribution in [2.75, 3.05) is 18.0 Å². The van der Waals surface area contributed by atoms with E-state index in [1.807, 2.05) is 25.1 Å². The molecule has 0 radical (unpaired) electrons. The van der Waals surface area contributed by atoms with Crippen LogP contribution in [-0.2, 0) is 11.2 Å². The van der Waals surface area contributed by atoms with Crippen LogP contribution in [0.4, 0.5) is 5.82 Å². The number of imidazole rings is 1. The van der Waals surface area contributed by atoms with Gasteiger partial charge in [-0.15, -0.1) is 0 Å². The number of nitriles is 1. The Morgan fingerprint density at radius 1 is 1.23 bits per heavy atom. The molecule has 3 heterocycles. The lowest BCUT2D eigenvalue weighted by molar-refractivity contribution is -0.00555. The first kappa shape index (κ1) is 16.9. The van der Waals surface area contributed by atoms with Gasteiger partial charge in [-0.25, -0.2) is 4.98 Å². The SMILES string of the molecule is CCc1c(C)c(C#N)c2nc3ccccc3n2c1N1C[C@@H](C)O[C@@H](C)C1. The number of rotatable bonds is 2. The second-order valence-electron chi connectivity index (χ2n) is 7.19. The largest absolute Gasteiger partial charge is 0.372 e. The van der Waals surface area contributed by atoms with E-state index in [0.717, 1.165) is 47.6 Å². The first-order valence-electron chi connectivity index (χ1n) is 9.28. The number of aromatic nitrogens is 2. The standard InChI is InChI=1S/C21H24N4O/c1-5-16-15(4)17(10-22)20-23-18-8-6-7-9-19(18)25(20)21(16)24-11-13(2)26-14(3)12-24/h6-9,13-14H,5,11-12H2,1-4H3/t13-,14+. The fourth-order valence-electron chi connectivity index (χ4n) is 4.27. The fraction of sp³-hybridized carbons (Fsp3) is 0.429. The number of pyridine rings is 1. The van der Waals surface area contributed by atoms with Gasteiger partial charge in [-0.05, 0) is 50.5 Å². The molecule has 0 N–H and O–H groups in total. The minimum atomic E-state index is 0.171. The Kier molecular flexibility index (Phi) is 4.08. The smallest absolute Gasteiger partial charge is 0.157 e. The van der Waals surface area contributed by atoms with Crippen molar-refractivity contribution in [3.8, 4) is 6.07 Å². The normalized spacial score (nSPS) is 20.7. The number of hydrogen-bond donors (Lipinski definition) is 0. The first-order chi connectivity index (χ1) is 12.5. The highest BCUT2D eigenvalue weighted by molar-refractivity contribution is 5.86. The topological polar surface area (TPSA) is 53.6 Å². The van der Waals surface area contributed by atoms with Crippen LogP contribution >= 0.6 is 0 Å². The van der Waals surface area contributed by atoms with Crippen molar-refractivity contribution < 1.29 is 4.74 Å². The predicted molar refractivity (Wildman–Crippen MR) is 104 cm³/mol. The van der Waals surface area contributed by atoms with Crippen LogP contribution in [0.5, 0.6) is 0 Å². The molecular weight excluding hydrogens is 324 g/mol. The highest BCUT2D eigenvalue weighted by Gasteiger charge is 2.28. The Morgan fingerprint density at radius 3 is 2.58 bits per heavy atom. The van der Waals surface area contributed by atoms with Crippen molar-refractivity contribution in [1.29, 1.82) is 5.26 Å². The van der Waals surface area contributed by atoms with Crippen molar-refractivity contribution in [2.24, 2.45) is 0 Å². The molecule has 5 heteroatoms. The number of morpholine rings is 1. The summed E-state index contributed by atoms with van der Waals surface area (Å²) in [6.45, 7) is 10.1. The number of benzene rings is 1. The summed E-state index contributed by atoms with van der Waals surface area (Å²) in [5, 5.41) is 9.81. The van der Waals surface area contributed by atoms with Gasteiger partial charge >= 0.3 is 0 Å². The lowest BCUT2D eigenvalue weighted by Crippen LogP contribution is -2.46. The zero-order chi connectivity index (χ0) is 18.4. The van der Waals surface area contributed by atoms with E-state index < -0.39 is 0 Å². The second kappa shape index (κ2) is 6.30. The Balaban J connectivity index is 2.12. The van der Waals surface area contributed by atoms with Crippen molar-refractivity contribution >= 4 is 22.5 Å². The minimum absolute atomic E-state index is 0.171.